The summed E-state index contributed by atoms with van der Waals surface area (Å²) in [6, 6.07) is 13.8. The van der Waals surface area contributed by atoms with Crippen LogP contribution < -0.4 is 25.1 Å². The predicted molar refractivity (Wildman–Crippen MR) is 111 cm³/mol. The molecule has 1 aromatic heterocycles. The lowest BCUT2D eigenvalue weighted by Crippen LogP contribution is -2.19. The maximum absolute atomic E-state index is 12.3. The molecule has 1 N–H and O–H groups in total. The maximum atomic E-state index is 12.3. The van der Waals surface area contributed by atoms with Gasteiger partial charge in [-0.15, -0.1) is 0 Å². The fraction of sp³-hybridized carbons (Fsp3) is 0.273. The van der Waals surface area contributed by atoms with Crippen molar-refractivity contribution < 1.29 is 14.2 Å². The lowest BCUT2D eigenvalue weighted by atomic mass is 10.1. The molecule has 0 radical (unpaired) electrons. The Morgan fingerprint density at radius 3 is 2.55 bits per heavy atom. The Labute approximate surface area is 168 Å². The van der Waals surface area contributed by atoms with Crippen molar-refractivity contribution in [2.75, 3.05) is 25.6 Å². The standard InChI is InChI=1S/C22H23N3O4/c1-3-16-11-18-19(29-10-9-28-18)12-17(16)23-22-24-21(26)20(27-2)14-25(22)13-15-7-5-4-6-8-15/h4-8,11-12,14H,3,9-10,13H2,1-2H3,(H,23,24,26). The van der Waals surface area contributed by atoms with Gasteiger partial charge in [-0.05, 0) is 23.6 Å². The van der Waals surface area contributed by atoms with Gasteiger partial charge in [0.15, 0.2) is 11.5 Å². The molecule has 150 valence electrons. The van der Waals surface area contributed by atoms with E-state index in [1.807, 2.05) is 47.0 Å². The molecule has 0 unspecified atom stereocenters. The van der Waals surface area contributed by atoms with Gasteiger partial charge in [-0.2, -0.15) is 4.98 Å². The number of rotatable bonds is 6. The number of ether oxygens (including phenoxy) is 3. The van der Waals surface area contributed by atoms with Gasteiger partial charge < -0.3 is 24.1 Å². The Kier molecular flexibility index (Phi) is 5.37. The molecule has 0 fully saturated rings. The van der Waals surface area contributed by atoms with Crippen LogP contribution in [0.2, 0.25) is 0 Å². The number of fused-ring (bicyclic) bond motifs is 1. The predicted octanol–water partition coefficient (Wildman–Crippen LogP) is 3.38. The summed E-state index contributed by atoms with van der Waals surface area (Å²) in [5, 5.41) is 3.32. The van der Waals surface area contributed by atoms with Crippen molar-refractivity contribution in [3.05, 3.63) is 70.1 Å². The first-order valence-corrected chi connectivity index (χ1v) is 9.57. The second kappa shape index (κ2) is 8.26. The molecule has 0 aliphatic carbocycles. The van der Waals surface area contributed by atoms with Crippen LogP contribution in [-0.4, -0.2) is 29.9 Å². The van der Waals surface area contributed by atoms with Crippen molar-refractivity contribution in [1.82, 2.24) is 9.55 Å². The largest absolute Gasteiger partial charge is 0.490 e. The van der Waals surface area contributed by atoms with Crippen molar-refractivity contribution in [1.29, 1.82) is 0 Å². The molecule has 7 heteroatoms. The number of hydrogen-bond acceptors (Lipinski definition) is 6. The molecule has 0 bridgehead atoms. The Bertz CT molecular complexity index is 1060. The molecule has 0 spiro atoms. The summed E-state index contributed by atoms with van der Waals surface area (Å²) in [5.74, 6) is 2.06. The lowest BCUT2D eigenvalue weighted by Gasteiger charge is -2.22. The fourth-order valence-electron chi connectivity index (χ4n) is 3.27. The van der Waals surface area contributed by atoms with Crippen molar-refractivity contribution in [3.8, 4) is 17.2 Å². The minimum atomic E-state index is -0.421. The monoisotopic (exact) mass is 393 g/mol. The number of hydrogen-bond donors (Lipinski definition) is 1. The van der Waals surface area contributed by atoms with Gasteiger partial charge >= 0.3 is 5.56 Å². The third-order valence-electron chi connectivity index (χ3n) is 4.77. The van der Waals surface area contributed by atoms with Gasteiger partial charge in [-0.3, -0.25) is 4.79 Å². The summed E-state index contributed by atoms with van der Waals surface area (Å²) in [5.41, 5.74) is 2.54. The topological polar surface area (TPSA) is 74.6 Å². The summed E-state index contributed by atoms with van der Waals surface area (Å²) in [4.78, 5) is 16.5. The maximum Gasteiger partial charge on any atom is 0.316 e. The zero-order valence-electron chi connectivity index (χ0n) is 16.5. The van der Waals surface area contributed by atoms with E-state index in [1.165, 1.54) is 7.11 Å². The van der Waals surface area contributed by atoms with E-state index < -0.39 is 5.56 Å². The average molecular weight is 393 g/mol. The number of anilines is 2. The molecule has 0 atom stereocenters. The second-order valence-electron chi connectivity index (χ2n) is 6.68. The second-order valence-corrected chi connectivity index (χ2v) is 6.68. The quantitative estimate of drug-likeness (QED) is 0.692. The van der Waals surface area contributed by atoms with E-state index in [4.69, 9.17) is 14.2 Å². The molecule has 0 amide bonds. The highest BCUT2D eigenvalue weighted by atomic mass is 16.6. The first-order valence-electron chi connectivity index (χ1n) is 9.57. The molecule has 2 heterocycles. The third kappa shape index (κ3) is 4.03. The highest BCUT2D eigenvalue weighted by molar-refractivity contribution is 5.65. The fourth-order valence-corrected chi connectivity index (χ4v) is 3.27. The number of nitrogens with one attached hydrogen (secondary N) is 1. The highest BCUT2D eigenvalue weighted by Gasteiger charge is 2.17. The van der Waals surface area contributed by atoms with E-state index in [9.17, 15) is 4.79 Å². The van der Waals surface area contributed by atoms with Gasteiger partial charge in [0.2, 0.25) is 11.7 Å². The van der Waals surface area contributed by atoms with Crippen LogP contribution >= 0.6 is 0 Å². The van der Waals surface area contributed by atoms with E-state index in [-0.39, 0.29) is 5.75 Å². The molecule has 2 aromatic carbocycles. The van der Waals surface area contributed by atoms with Gasteiger partial charge in [0.05, 0.1) is 19.9 Å². The average Bonchev–Trinajstić information content (AvgIpc) is 2.75. The molecule has 3 aromatic rings. The minimum absolute atomic E-state index is 0.198. The third-order valence-corrected chi connectivity index (χ3v) is 4.77. The Hall–Kier alpha value is -3.48. The van der Waals surface area contributed by atoms with E-state index in [2.05, 4.69) is 17.2 Å². The van der Waals surface area contributed by atoms with Crippen LogP contribution in [0.25, 0.3) is 0 Å². The Morgan fingerprint density at radius 1 is 1.14 bits per heavy atom. The van der Waals surface area contributed by atoms with Gasteiger partial charge in [-0.1, -0.05) is 37.3 Å². The van der Waals surface area contributed by atoms with Gasteiger partial charge in [0, 0.05) is 11.8 Å². The first-order chi connectivity index (χ1) is 14.2. The number of nitrogens with zero attached hydrogens (tertiary/aromatic N) is 2. The van der Waals surface area contributed by atoms with E-state index in [1.54, 1.807) is 6.20 Å². The number of aryl methyl sites for hydroxylation is 1. The van der Waals surface area contributed by atoms with Crippen molar-refractivity contribution in [3.63, 3.8) is 0 Å². The molecule has 1 aliphatic heterocycles. The molecular formula is C22H23N3O4. The van der Waals surface area contributed by atoms with Crippen molar-refractivity contribution >= 4 is 11.6 Å². The molecule has 0 saturated heterocycles. The lowest BCUT2D eigenvalue weighted by molar-refractivity contribution is 0.171. The van der Waals surface area contributed by atoms with Gasteiger partial charge in [0.1, 0.15) is 13.2 Å². The molecule has 29 heavy (non-hydrogen) atoms. The molecule has 7 nitrogen and oxygen atoms in total. The van der Waals surface area contributed by atoms with Crippen LogP contribution in [0.5, 0.6) is 17.2 Å². The van der Waals surface area contributed by atoms with Crippen LogP contribution in [-0.2, 0) is 13.0 Å². The summed E-state index contributed by atoms with van der Waals surface area (Å²) >= 11 is 0. The summed E-state index contributed by atoms with van der Waals surface area (Å²) < 4.78 is 18.5. The van der Waals surface area contributed by atoms with Crippen LogP contribution in [0, 0.1) is 0 Å². The van der Waals surface area contributed by atoms with Crippen LogP contribution in [0.15, 0.2) is 53.5 Å². The summed E-state index contributed by atoms with van der Waals surface area (Å²) in [7, 11) is 1.47. The molecular weight excluding hydrogens is 370 g/mol. The number of aromatic nitrogens is 2. The van der Waals surface area contributed by atoms with Gasteiger partial charge in [-0.25, -0.2) is 0 Å². The zero-order chi connectivity index (χ0) is 20.2. The first kappa shape index (κ1) is 18.9. The number of benzene rings is 2. The Morgan fingerprint density at radius 2 is 1.86 bits per heavy atom. The smallest absolute Gasteiger partial charge is 0.316 e. The SMILES string of the molecule is CCc1cc2c(cc1Nc1nc(=O)c(OC)cn1Cc1ccccc1)OCCO2. The summed E-state index contributed by atoms with van der Waals surface area (Å²) in [6.45, 7) is 3.66. The van der Waals surface area contributed by atoms with E-state index >= 15 is 0 Å². The molecule has 4 rings (SSSR count). The van der Waals surface area contributed by atoms with Crippen LogP contribution in [0.3, 0.4) is 0 Å². The highest BCUT2D eigenvalue weighted by Crippen LogP contribution is 2.36. The van der Waals surface area contributed by atoms with Crippen molar-refractivity contribution in [2.45, 2.75) is 19.9 Å². The molecule has 1 aliphatic rings. The molecule has 0 saturated carbocycles. The Balaban J connectivity index is 1.74. The minimum Gasteiger partial charge on any atom is -0.490 e. The van der Waals surface area contributed by atoms with Gasteiger partial charge in [0.25, 0.3) is 0 Å². The zero-order valence-corrected chi connectivity index (χ0v) is 16.5. The normalized spacial score (nSPS) is 12.5. The van der Waals surface area contributed by atoms with E-state index in [0.717, 1.165) is 29.0 Å². The van der Waals surface area contributed by atoms with E-state index in [0.29, 0.717) is 31.5 Å². The summed E-state index contributed by atoms with van der Waals surface area (Å²) in [6.07, 6.45) is 2.46. The van der Waals surface area contributed by atoms with Crippen LogP contribution in [0.4, 0.5) is 11.6 Å². The van der Waals surface area contributed by atoms with Crippen molar-refractivity contribution in [2.24, 2.45) is 0 Å². The van der Waals surface area contributed by atoms with Crippen LogP contribution in [0.1, 0.15) is 18.1 Å². The number of methoxy groups -OCH3 is 1.